The van der Waals surface area contributed by atoms with Crippen LogP contribution >= 0.6 is 11.6 Å². The van der Waals surface area contributed by atoms with Crippen molar-refractivity contribution < 1.29 is 19.7 Å². The highest BCUT2D eigenvalue weighted by atomic mass is 35.5. The molecule has 1 fully saturated rings. The minimum Gasteiger partial charge on any atom is -0.497 e. The minimum absolute atomic E-state index is 0.345. The van der Waals surface area contributed by atoms with E-state index in [2.05, 4.69) is 4.90 Å². The fourth-order valence-electron chi connectivity index (χ4n) is 4.23. The quantitative estimate of drug-likeness (QED) is 0.814. The van der Waals surface area contributed by atoms with E-state index in [0.29, 0.717) is 18.0 Å². The molecule has 0 aliphatic carbocycles. The van der Waals surface area contributed by atoms with Crippen LogP contribution < -0.4 is 9.47 Å². The number of methoxy groups -OCH3 is 1. The minimum atomic E-state index is -0.551. The maximum atomic E-state index is 10.7. The summed E-state index contributed by atoms with van der Waals surface area (Å²) in [5, 5.41) is 21.9. The average molecular weight is 404 g/mol. The number of benzene rings is 2. The van der Waals surface area contributed by atoms with Crippen molar-refractivity contribution in [3.05, 3.63) is 58.6 Å². The van der Waals surface area contributed by atoms with Gasteiger partial charge in [0.25, 0.3) is 0 Å². The topological polar surface area (TPSA) is 62.2 Å². The molecule has 2 aliphatic rings. The Labute approximate surface area is 170 Å². The second-order valence-corrected chi connectivity index (χ2v) is 8.21. The summed E-state index contributed by atoms with van der Waals surface area (Å²) in [5.41, 5.74) is 1.32. The molecular formula is C22H26ClNO4. The van der Waals surface area contributed by atoms with Crippen LogP contribution in [0.3, 0.4) is 0 Å². The summed E-state index contributed by atoms with van der Waals surface area (Å²) in [6.07, 6.45) is 1.13. The molecule has 0 radical (unpaired) electrons. The number of nitrogens with zero attached hydrogens (tertiary/aromatic N) is 1. The largest absolute Gasteiger partial charge is 0.497 e. The van der Waals surface area contributed by atoms with Crippen molar-refractivity contribution in [3.63, 3.8) is 0 Å². The van der Waals surface area contributed by atoms with Gasteiger partial charge in [0.1, 0.15) is 17.1 Å². The van der Waals surface area contributed by atoms with Gasteiger partial charge in [-0.3, -0.25) is 0 Å². The summed E-state index contributed by atoms with van der Waals surface area (Å²) >= 11 is 5.92. The Bertz CT molecular complexity index is 818. The molecule has 0 bridgehead atoms. The van der Waals surface area contributed by atoms with Crippen LogP contribution in [0.5, 0.6) is 11.5 Å². The van der Waals surface area contributed by atoms with Gasteiger partial charge in [0.05, 0.1) is 19.3 Å². The molecule has 2 aliphatic heterocycles. The Morgan fingerprint density at radius 1 is 1.21 bits per heavy atom. The maximum Gasteiger partial charge on any atom is 0.126 e. The van der Waals surface area contributed by atoms with Crippen molar-refractivity contribution in [1.29, 1.82) is 0 Å². The van der Waals surface area contributed by atoms with Crippen LogP contribution in [0.15, 0.2) is 42.5 Å². The Morgan fingerprint density at radius 3 is 2.61 bits per heavy atom. The van der Waals surface area contributed by atoms with Crippen LogP contribution in [0.1, 0.15) is 42.6 Å². The van der Waals surface area contributed by atoms with E-state index in [4.69, 9.17) is 21.1 Å². The number of ether oxygens (including phenoxy) is 2. The number of piperidine rings is 1. The lowest BCUT2D eigenvalue weighted by molar-refractivity contribution is -0.0588. The van der Waals surface area contributed by atoms with Crippen molar-refractivity contribution >= 4 is 11.6 Å². The summed E-state index contributed by atoms with van der Waals surface area (Å²) in [4.78, 5) is 2.25. The van der Waals surface area contributed by atoms with Gasteiger partial charge in [-0.15, -0.1) is 0 Å². The highest BCUT2D eigenvalue weighted by Crippen LogP contribution is 2.45. The number of β-amino-alcohol motifs (C(OH)–C–C–N with tert-alkyl or cyclic N) is 1. The van der Waals surface area contributed by atoms with E-state index in [9.17, 15) is 10.2 Å². The number of likely N-dealkylation sites (tertiary alicyclic amines) is 1. The molecule has 6 heteroatoms. The first-order chi connectivity index (χ1) is 13.5. The van der Waals surface area contributed by atoms with Crippen molar-refractivity contribution in [3.8, 4) is 11.5 Å². The Kier molecular flexibility index (Phi) is 5.52. The fraction of sp³-hybridized carbons (Fsp3) is 0.455. The molecule has 2 aromatic rings. The molecule has 0 saturated carbocycles. The van der Waals surface area contributed by atoms with E-state index in [0.717, 1.165) is 48.6 Å². The Balaban J connectivity index is 1.39. The summed E-state index contributed by atoms with van der Waals surface area (Å²) in [6.45, 7) is 2.22. The molecule has 4 rings (SSSR count). The van der Waals surface area contributed by atoms with E-state index in [1.807, 2.05) is 30.3 Å². The first-order valence-electron chi connectivity index (χ1n) is 9.69. The highest BCUT2D eigenvalue weighted by molar-refractivity contribution is 6.30. The van der Waals surface area contributed by atoms with Gasteiger partial charge in [-0.2, -0.15) is 0 Å². The van der Waals surface area contributed by atoms with Crippen LogP contribution in [-0.4, -0.2) is 47.5 Å². The van der Waals surface area contributed by atoms with Gasteiger partial charge >= 0.3 is 0 Å². The second kappa shape index (κ2) is 7.91. The lowest BCUT2D eigenvalue weighted by atomic mass is 9.81. The standard InChI is InChI=1S/C22H26ClNO4/c1-27-17-6-7-21-18(12-17)19(25)13-22(28-21)8-10-24(11-9-22)14-20(26)15-2-4-16(23)5-3-15/h2-7,12,19-20,25-26H,8-11,13-14H2,1H3/t19-,20-/m0/s1. The lowest BCUT2D eigenvalue weighted by Crippen LogP contribution is -2.51. The molecule has 0 unspecified atom stereocenters. The van der Waals surface area contributed by atoms with Gasteiger partial charge in [-0.05, 0) is 48.7 Å². The molecule has 2 heterocycles. The third-order valence-electron chi connectivity index (χ3n) is 5.92. The van der Waals surface area contributed by atoms with Crippen molar-refractivity contribution in [2.45, 2.75) is 37.1 Å². The van der Waals surface area contributed by atoms with Crippen molar-refractivity contribution in [1.82, 2.24) is 4.90 Å². The van der Waals surface area contributed by atoms with Gasteiger partial charge in [-0.1, -0.05) is 23.7 Å². The zero-order valence-electron chi connectivity index (χ0n) is 16.0. The number of halogens is 1. The smallest absolute Gasteiger partial charge is 0.126 e. The summed E-state index contributed by atoms with van der Waals surface area (Å²) in [5.74, 6) is 1.47. The molecule has 5 nitrogen and oxygen atoms in total. The van der Waals surface area contributed by atoms with Gasteiger partial charge in [0, 0.05) is 36.6 Å². The maximum absolute atomic E-state index is 10.7. The van der Waals surface area contributed by atoms with E-state index >= 15 is 0 Å². The zero-order valence-corrected chi connectivity index (χ0v) is 16.7. The summed E-state index contributed by atoms with van der Waals surface area (Å²) in [6, 6.07) is 12.9. The van der Waals surface area contributed by atoms with Crippen LogP contribution in [0.25, 0.3) is 0 Å². The number of aliphatic hydroxyl groups excluding tert-OH is 2. The molecule has 0 aromatic heterocycles. The molecule has 150 valence electrons. The first kappa shape index (κ1) is 19.5. The van der Waals surface area contributed by atoms with Crippen LogP contribution in [-0.2, 0) is 0 Å². The molecular weight excluding hydrogens is 378 g/mol. The van der Waals surface area contributed by atoms with E-state index in [1.54, 1.807) is 19.2 Å². The van der Waals surface area contributed by atoms with E-state index in [1.165, 1.54) is 0 Å². The second-order valence-electron chi connectivity index (χ2n) is 7.78. The SMILES string of the molecule is COc1ccc2c(c1)[C@@H](O)CC1(CCN(C[C@H](O)c3ccc(Cl)cc3)CC1)O2. The fourth-order valence-corrected chi connectivity index (χ4v) is 4.35. The lowest BCUT2D eigenvalue weighted by Gasteiger charge is -2.46. The molecule has 0 amide bonds. The van der Waals surface area contributed by atoms with E-state index < -0.39 is 12.2 Å². The van der Waals surface area contributed by atoms with Crippen molar-refractivity contribution in [2.24, 2.45) is 0 Å². The molecule has 2 N–H and O–H groups in total. The number of fused-ring (bicyclic) bond motifs is 1. The van der Waals surface area contributed by atoms with Gasteiger partial charge in [0.2, 0.25) is 0 Å². The van der Waals surface area contributed by atoms with Crippen LogP contribution in [0, 0.1) is 0 Å². The average Bonchev–Trinajstić information content (AvgIpc) is 2.70. The molecule has 1 spiro atoms. The van der Waals surface area contributed by atoms with Gasteiger partial charge < -0.3 is 24.6 Å². The van der Waals surface area contributed by atoms with Crippen molar-refractivity contribution in [2.75, 3.05) is 26.7 Å². The summed E-state index contributed by atoms with van der Waals surface area (Å²) in [7, 11) is 1.62. The number of rotatable bonds is 4. The molecule has 1 saturated heterocycles. The monoisotopic (exact) mass is 403 g/mol. The van der Waals surface area contributed by atoms with Gasteiger partial charge in [0.15, 0.2) is 0 Å². The normalized spacial score (nSPS) is 22.4. The predicted molar refractivity (Wildman–Crippen MR) is 108 cm³/mol. The first-order valence-corrected chi connectivity index (χ1v) is 10.1. The number of hydrogen-bond donors (Lipinski definition) is 2. The molecule has 28 heavy (non-hydrogen) atoms. The Hall–Kier alpha value is -1.79. The van der Waals surface area contributed by atoms with Gasteiger partial charge in [-0.25, -0.2) is 0 Å². The molecule has 2 aromatic carbocycles. The summed E-state index contributed by atoms with van der Waals surface area (Å²) < 4.78 is 11.6. The zero-order chi connectivity index (χ0) is 19.7. The number of hydrogen-bond acceptors (Lipinski definition) is 5. The van der Waals surface area contributed by atoms with E-state index in [-0.39, 0.29) is 5.60 Å². The van der Waals surface area contributed by atoms with Crippen LogP contribution in [0.4, 0.5) is 0 Å². The highest BCUT2D eigenvalue weighted by Gasteiger charge is 2.43. The predicted octanol–water partition coefficient (Wildman–Crippen LogP) is 3.73. The third kappa shape index (κ3) is 3.98. The Morgan fingerprint density at radius 2 is 1.93 bits per heavy atom. The number of aliphatic hydroxyl groups is 2. The third-order valence-corrected chi connectivity index (χ3v) is 6.17. The van der Waals surface area contributed by atoms with Crippen LogP contribution in [0.2, 0.25) is 5.02 Å². The molecule has 2 atom stereocenters.